The fraction of sp³-hybridized carbons (Fsp3) is 0.889. The highest BCUT2D eigenvalue weighted by atomic mass is 16.5. The van der Waals surface area contributed by atoms with Crippen molar-refractivity contribution in [2.75, 3.05) is 53.0 Å². The maximum absolute atomic E-state index is 12.5. The Kier molecular flexibility index (Phi) is 6.11. The highest BCUT2D eigenvalue weighted by Gasteiger charge is 2.31. The maximum atomic E-state index is 12.5. The minimum atomic E-state index is 0.0515. The topological polar surface area (TPSA) is 53.1 Å². The van der Waals surface area contributed by atoms with Crippen molar-refractivity contribution in [2.45, 2.75) is 44.6 Å². The second-order valence-corrected chi connectivity index (χ2v) is 7.46. The van der Waals surface area contributed by atoms with E-state index < -0.39 is 0 Å². The van der Waals surface area contributed by atoms with Gasteiger partial charge in [0.15, 0.2) is 0 Å². The standard InChI is InChI=1S/C18H31N3O3/c1-19(16-5-3-2-4-6-16)17(22)13-20-8-10-21(11-9-20)18(23)15-7-12-24-14-15/h15-16H,2-14H2,1H3/t15-/m0/s1. The van der Waals surface area contributed by atoms with Crippen LogP contribution in [0.1, 0.15) is 38.5 Å². The van der Waals surface area contributed by atoms with E-state index in [9.17, 15) is 9.59 Å². The first-order valence-electron chi connectivity index (χ1n) is 9.49. The van der Waals surface area contributed by atoms with Crippen LogP contribution >= 0.6 is 0 Å². The fourth-order valence-corrected chi connectivity index (χ4v) is 4.09. The molecule has 1 saturated carbocycles. The molecular formula is C18H31N3O3. The molecule has 6 nitrogen and oxygen atoms in total. The average Bonchev–Trinajstić information content (AvgIpc) is 3.16. The summed E-state index contributed by atoms with van der Waals surface area (Å²) in [5, 5.41) is 0. The number of piperazine rings is 1. The Hall–Kier alpha value is -1.14. The van der Waals surface area contributed by atoms with Crippen LogP contribution in [-0.4, -0.2) is 85.5 Å². The van der Waals surface area contributed by atoms with E-state index in [0.717, 1.165) is 45.4 Å². The molecule has 0 aromatic rings. The monoisotopic (exact) mass is 337 g/mol. The lowest BCUT2D eigenvalue weighted by Crippen LogP contribution is -2.53. The number of nitrogens with zero attached hydrogens (tertiary/aromatic N) is 3. The predicted octanol–water partition coefficient (Wildman–Crippen LogP) is 0.958. The molecule has 2 amide bonds. The van der Waals surface area contributed by atoms with Crippen molar-refractivity contribution < 1.29 is 14.3 Å². The van der Waals surface area contributed by atoms with Gasteiger partial charge in [0.1, 0.15) is 0 Å². The molecule has 0 aromatic heterocycles. The molecule has 1 aliphatic carbocycles. The van der Waals surface area contributed by atoms with Crippen molar-refractivity contribution >= 4 is 11.8 Å². The molecular weight excluding hydrogens is 306 g/mol. The zero-order valence-electron chi connectivity index (χ0n) is 14.9. The second-order valence-electron chi connectivity index (χ2n) is 7.46. The maximum Gasteiger partial charge on any atom is 0.236 e. The van der Waals surface area contributed by atoms with Crippen molar-refractivity contribution in [3.8, 4) is 0 Å². The molecule has 2 saturated heterocycles. The van der Waals surface area contributed by atoms with Crippen LogP contribution in [0.15, 0.2) is 0 Å². The van der Waals surface area contributed by atoms with Crippen LogP contribution in [0.25, 0.3) is 0 Å². The predicted molar refractivity (Wildman–Crippen MR) is 91.6 cm³/mol. The summed E-state index contributed by atoms with van der Waals surface area (Å²) in [7, 11) is 1.96. The molecule has 2 aliphatic heterocycles. The van der Waals surface area contributed by atoms with Crippen molar-refractivity contribution in [3.63, 3.8) is 0 Å². The molecule has 0 N–H and O–H groups in total. The van der Waals surface area contributed by atoms with Gasteiger partial charge in [0.2, 0.25) is 11.8 Å². The smallest absolute Gasteiger partial charge is 0.236 e. The van der Waals surface area contributed by atoms with Gasteiger partial charge in [0.05, 0.1) is 19.1 Å². The molecule has 136 valence electrons. The average molecular weight is 337 g/mol. The van der Waals surface area contributed by atoms with Crippen molar-refractivity contribution in [1.29, 1.82) is 0 Å². The second kappa shape index (κ2) is 8.30. The summed E-state index contributed by atoms with van der Waals surface area (Å²) in [5.74, 6) is 0.513. The molecule has 24 heavy (non-hydrogen) atoms. The molecule has 2 heterocycles. The Balaban J connectivity index is 1.41. The van der Waals surface area contributed by atoms with Crippen molar-refractivity contribution in [1.82, 2.24) is 14.7 Å². The van der Waals surface area contributed by atoms with Crippen LogP contribution in [0.4, 0.5) is 0 Å². The fourth-order valence-electron chi connectivity index (χ4n) is 4.09. The van der Waals surface area contributed by atoms with Gasteiger partial charge in [-0.2, -0.15) is 0 Å². The molecule has 3 aliphatic rings. The molecule has 6 heteroatoms. The lowest BCUT2D eigenvalue weighted by atomic mass is 9.94. The summed E-state index contributed by atoms with van der Waals surface area (Å²) in [5.41, 5.74) is 0. The zero-order chi connectivity index (χ0) is 16.9. The molecule has 3 rings (SSSR count). The highest BCUT2D eigenvalue weighted by Crippen LogP contribution is 2.22. The number of rotatable bonds is 4. The molecule has 3 fully saturated rings. The van der Waals surface area contributed by atoms with Gasteiger partial charge in [0.25, 0.3) is 0 Å². The highest BCUT2D eigenvalue weighted by molar-refractivity contribution is 5.80. The van der Waals surface area contributed by atoms with Crippen molar-refractivity contribution in [3.05, 3.63) is 0 Å². The number of amides is 2. The number of ether oxygens (including phenoxy) is 1. The van der Waals surface area contributed by atoms with E-state index in [1.807, 2.05) is 16.8 Å². The molecule has 0 aromatic carbocycles. The van der Waals surface area contributed by atoms with E-state index in [0.29, 0.717) is 25.8 Å². The van der Waals surface area contributed by atoms with Crippen LogP contribution in [-0.2, 0) is 14.3 Å². The van der Waals surface area contributed by atoms with E-state index in [2.05, 4.69) is 4.90 Å². The van der Waals surface area contributed by atoms with Gasteiger partial charge < -0.3 is 14.5 Å². The van der Waals surface area contributed by atoms with E-state index in [-0.39, 0.29) is 17.7 Å². The number of carbonyl (C=O) groups excluding carboxylic acids is 2. The van der Waals surface area contributed by atoms with Crippen LogP contribution < -0.4 is 0 Å². The van der Waals surface area contributed by atoms with Gasteiger partial charge in [-0.25, -0.2) is 0 Å². The van der Waals surface area contributed by atoms with Gasteiger partial charge in [-0.05, 0) is 19.3 Å². The van der Waals surface area contributed by atoms with Gasteiger partial charge in [-0.3, -0.25) is 14.5 Å². The largest absolute Gasteiger partial charge is 0.381 e. The van der Waals surface area contributed by atoms with E-state index >= 15 is 0 Å². The number of hydrogen-bond acceptors (Lipinski definition) is 4. The molecule has 0 spiro atoms. The Morgan fingerprint density at radius 1 is 1.04 bits per heavy atom. The minimum Gasteiger partial charge on any atom is -0.381 e. The Morgan fingerprint density at radius 3 is 2.38 bits per heavy atom. The number of hydrogen-bond donors (Lipinski definition) is 0. The van der Waals surface area contributed by atoms with Crippen LogP contribution in [0.2, 0.25) is 0 Å². The normalized spacial score (nSPS) is 26.5. The summed E-state index contributed by atoms with van der Waals surface area (Å²) in [6, 6.07) is 0.427. The lowest BCUT2D eigenvalue weighted by molar-refractivity contribution is -0.138. The van der Waals surface area contributed by atoms with Gasteiger partial charge in [-0.1, -0.05) is 19.3 Å². The first kappa shape index (κ1) is 17.7. The Bertz CT molecular complexity index is 437. The molecule has 0 radical (unpaired) electrons. The molecule has 1 atom stereocenters. The third kappa shape index (κ3) is 4.28. The van der Waals surface area contributed by atoms with Crippen LogP contribution in [0, 0.1) is 5.92 Å². The summed E-state index contributed by atoms with van der Waals surface area (Å²) in [4.78, 5) is 31.0. The summed E-state index contributed by atoms with van der Waals surface area (Å²) in [6.45, 7) is 4.82. The first-order chi connectivity index (χ1) is 11.6. The van der Waals surface area contributed by atoms with Crippen LogP contribution in [0.3, 0.4) is 0 Å². The summed E-state index contributed by atoms with van der Waals surface area (Å²) < 4.78 is 5.32. The first-order valence-corrected chi connectivity index (χ1v) is 9.49. The summed E-state index contributed by atoms with van der Waals surface area (Å²) >= 11 is 0. The number of carbonyl (C=O) groups is 2. The van der Waals surface area contributed by atoms with E-state index in [4.69, 9.17) is 4.74 Å². The van der Waals surface area contributed by atoms with Crippen LogP contribution in [0.5, 0.6) is 0 Å². The third-order valence-electron chi connectivity index (χ3n) is 5.84. The van der Waals surface area contributed by atoms with Gasteiger partial charge in [-0.15, -0.1) is 0 Å². The van der Waals surface area contributed by atoms with Gasteiger partial charge in [0, 0.05) is 45.9 Å². The van der Waals surface area contributed by atoms with E-state index in [1.165, 1.54) is 19.3 Å². The lowest BCUT2D eigenvalue weighted by Gasteiger charge is -2.37. The molecule has 0 unspecified atom stereocenters. The quantitative estimate of drug-likeness (QED) is 0.767. The Morgan fingerprint density at radius 2 is 1.75 bits per heavy atom. The van der Waals surface area contributed by atoms with E-state index in [1.54, 1.807) is 0 Å². The van der Waals surface area contributed by atoms with Crippen molar-refractivity contribution in [2.24, 2.45) is 5.92 Å². The SMILES string of the molecule is CN(C(=O)CN1CCN(C(=O)[C@H]2CCOC2)CC1)C1CCCCC1. The minimum absolute atomic E-state index is 0.0515. The third-order valence-corrected chi connectivity index (χ3v) is 5.84. The number of likely N-dealkylation sites (N-methyl/N-ethyl adjacent to an activating group) is 1. The molecule has 0 bridgehead atoms. The Labute approximate surface area is 145 Å². The van der Waals surface area contributed by atoms with Gasteiger partial charge >= 0.3 is 0 Å². The zero-order valence-corrected chi connectivity index (χ0v) is 14.9. The summed E-state index contributed by atoms with van der Waals surface area (Å²) in [6.07, 6.45) is 6.94.